The molecular formula is C20H23N5O2. The van der Waals surface area contributed by atoms with Crippen LogP contribution < -0.4 is 4.74 Å². The number of aryl methyl sites for hydroxylation is 1. The van der Waals surface area contributed by atoms with Crippen molar-refractivity contribution in [1.29, 1.82) is 0 Å². The number of carbonyl (C=O) groups is 1. The second-order valence-corrected chi connectivity index (χ2v) is 6.79. The molecule has 1 unspecified atom stereocenters. The van der Waals surface area contributed by atoms with Crippen molar-refractivity contribution in [3.05, 3.63) is 47.9 Å². The van der Waals surface area contributed by atoms with Gasteiger partial charge in [0.1, 0.15) is 11.3 Å². The molecule has 1 aliphatic heterocycles. The van der Waals surface area contributed by atoms with Crippen LogP contribution in [0.3, 0.4) is 0 Å². The molecule has 1 atom stereocenters. The lowest BCUT2D eigenvalue weighted by molar-refractivity contribution is 0.0706. The summed E-state index contributed by atoms with van der Waals surface area (Å²) in [4.78, 5) is 23.7. The third-order valence-electron chi connectivity index (χ3n) is 4.99. The molecule has 1 fully saturated rings. The van der Waals surface area contributed by atoms with E-state index in [-0.39, 0.29) is 11.8 Å². The summed E-state index contributed by atoms with van der Waals surface area (Å²) in [5.74, 6) is 1.00. The topological polar surface area (TPSA) is 73.1 Å². The van der Waals surface area contributed by atoms with E-state index in [1.807, 2.05) is 43.1 Å². The number of rotatable bonds is 4. The van der Waals surface area contributed by atoms with Gasteiger partial charge in [-0.15, -0.1) is 0 Å². The summed E-state index contributed by atoms with van der Waals surface area (Å²) in [5, 5.41) is 4.65. The van der Waals surface area contributed by atoms with Crippen molar-refractivity contribution < 1.29 is 9.53 Å². The van der Waals surface area contributed by atoms with Crippen LogP contribution >= 0.6 is 0 Å². The highest BCUT2D eigenvalue weighted by atomic mass is 16.5. The Morgan fingerprint density at radius 1 is 1.22 bits per heavy atom. The molecule has 1 aromatic carbocycles. The average molecular weight is 365 g/mol. The molecule has 2 aromatic heterocycles. The Hall–Kier alpha value is -2.96. The van der Waals surface area contributed by atoms with Gasteiger partial charge in [0, 0.05) is 44.0 Å². The summed E-state index contributed by atoms with van der Waals surface area (Å²) in [7, 11) is 1.88. The molecule has 140 valence electrons. The summed E-state index contributed by atoms with van der Waals surface area (Å²) in [6.07, 6.45) is 5.32. The fourth-order valence-corrected chi connectivity index (χ4v) is 3.71. The van der Waals surface area contributed by atoms with Crippen LogP contribution in [-0.2, 0) is 7.05 Å². The Labute approximate surface area is 158 Å². The van der Waals surface area contributed by atoms with Gasteiger partial charge in [0.05, 0.1) is 12.3 Å². The molecule has 7 heteroatoms. The second kappa shape index (κ2) is 7.34. The second-order valence-electron chi connectivity index (χ2n) is 6.79. The minimum Gasteiger partial charge on any atom is -0.494 e. The number of carbonyl (C=O) groups excluding carboxylic acids is 1. The van der Waals surface area contributed by atoms with Crippen molar-refractivity contribution in [1.82, 2.24) is 24.6 Å². The molecule has 0 bridgehead atoms. The lowest BCUT2D eigenvalue weighted by atomic mass is 9.94. The standard InChI is InChI=1S/C20H23N5O2/c1-3-27-16-8-6-14(7-9-16)20(26)25-12-4-5-15(13-25)17-18-19(24(2)23-17)22-11-10-21-18/h6-11,15H,3-5,12-13H2,1-2H3. The highest BCUT2D eigenvalue weighted by Gasteiger charge is 2.29. The number of nitrogens with zero attached hydrogens (tertiary/aromatic N) is 5. The maximum Gasteiger partial charge on any atom is 0.253 e. The van der Waals surface area contributed by atoms with E-state index in [1.165, 1.54) is 0 Å². The minimum atomic E-state index is 0.0501. The molecule has 27 heavy (non-hydrogen) atoms. The van der Waals surface area contributed by atoms with E-state index in [0.29, 0.717) is 18.7 Å². The van der Waals surface area contributed by atoms with E-state index in [1.54, 1.807) is 17.1 Å². The molecule has 0 radical (unpaired) electrons. The van der Waals surface area contributed by atoms with E-state index >= 15 is 0 Å². The summed E-state index contributed by atoms with van der Waals surface area (Å²) in [5.41, 5.74) is 3.23. The zero-order valence-corrected chi connectivity index (χ0v) is 15.6. The zero-order chi connectivity index (χ0) is 18.8. The van der Waals surface area contributed by atoms with Gasteiger partial charge in [-0.25, -0.2) is 14.6 Å². The third kappa shape index (κ3) is 3.37. The molecule has 0 N–H and O–H groups in total. The third-order valence-corrected chi connectivity index (χ3v) is 4.99. The summed E-state index contributed by atoms with van der Waals surface area (Å²) >= 11 is 0. The van der Waals surface area contributed by atoms with Gasteiger partial charge in [0.25, 0.3) is 5.91 Å². The van der Waals surface area contributed by atoms with E-state index in [9.17, 15) is 4.79 Å². The normalized spacial score (nSPS) is 17.3. The quantitative estimate of drug-likeness (QED) is 0.711. The first-order valence-electron chi connectivity index (χ1n) is 9.33. The molecule has 4 rings (SSSR count). The van der Waals surface area contributed by atoms with E-state index in [4.69, 9.17) is 4.74 Å². The van der Waals surface area contributed by atoms with Gasteiger partial charge in [0.15, 0.2) is 5.65 Å². The predicted octanol–water partition coefficient (Wildman–Crippen LogP) is 2.78. The van der Waals surface area contributed by atoms with Gasteiger partial charge >= 0.3 is 0 Å². The molecule has 3 heterocycles. The number of aromatic nitrogens is 4. The van der Waals surface area contributed by atoms with Crippen molar-refractivity contribution >= 4 is 17.1 Å². The number of amides is 1. The van der Waals surface area contributed by atoms with Crippen LogP contribution in [0.5, 0.6) is 5.75 Å². The van der Waals surface area contributed by atoms with Crippen LogP contribution in [0.2, 0.25) is 0 Å². The van der Waals surface area contributed by atoms with Crippen molar-refractivity contribution in [2.24, 2.45) is 7.05 Å². The number of ether oxygens (including phenoxy) is 1. The highest BCUT2D eigenvalue weighted by Crippen LogP contribution is 2.30. The Morgan fingerprint density at radius 3 is 2.78 bits per heavy atom. The van der Waals surface area contributed by atoms with Crippen LogP contribution in [-0.4, -0.2) is 50.3 Å². The van der Waals surface area contributed by atoms with E-state index in [2.05, 4.69) is 15.1 Å². The molecule has 1 saturated heterocycles. The number of piperidine rings is 1. The molecule has 0 spiro atoms. The van der Waals surface area contributed by atoms with Crippen LogP contribution in [0.1, 0.15) is 41.7 Å². The lowest BCUT2D eigenvalue weighted by Crippen LogP contribution is -2.39. The summed E-state index contributed by atoms with van der Waals surface area (Å²) < 4.78 is 7.22. The molecule has 1 aliphatic rings. The number of likely N-dealkylation sites (tertiary alicyclic amines) is 1. The van der Waals surface area contributed by atoms with Gasteiger partial charge in [0.2, 0.25) is 0 Å². The molecule has 0 saturated carbocycles. The molecule has 3 aromatic rings. The number of hydrogen-bond donors (Lipinski definition) is 0. The van der Waals surface area contributed by atoms with Gasteiger partial charge < -0.3 is 9.64 Å². The maximum absolute atomic E-state index is 12.9. The van der Waals surface area contributed by atoms with Crippen molar-refractivity contribution in [2.45, 2.75) is 25.7 Å². The first-order valence-corrected chi connectivity index (χ1v) is 9.33. The molecule has 1 amide bonds. The van der Waals surface area contributed by atoms with Crippen molar-refractivity contribution in [2.75, 3.05) is 19.7 Å². The SMILES string of the molecule is CCOc1ccc(C(=O)N2CCCC(c3nn(C)c4nccnc34)C2)cc1. The monoisotopic (exact) mass is 365 g/mol. The Morgan fingerprint density at radius 2 is 2.00 bits per heavy atom. The molecular weight excluding hydrogens is 342 g/mol. The van der Waals surface area contributed by atoms with Crippen LogP contribution in [0.4, 0.5) is 0 Å². The van der Waals surface area contributed by atoms with Crippen LogP contribution in [0.25, 0.3) is 11.2 Å². The number of hydrogen-bond acceptors (Lipinski definition) is 5. The summed E-state index contributed by atoms with van der Waals surface area (Å²) in [6.45, 7) is 3.97. The van der Waals surface area contributed by atoms with E-state index in [0.717, 1.165) is 42.0 Å². The van der Waals surface area contributed by atoms with Crippen LogP contribution in [0, 0.1) is 0 Å². The first-order chi connectivity index (χ1) is 13.2. The fraction of sp³-hybridized carbons (Fsp3) is 0.400. The Balaban J connectivity index is 1.54. The smallest absolute Gasteiger partial charge is 0.253 e. The molecule has 0 aliphatic carbocycles. The predicted molar refractivity (Wildman–Crippen MR) is 102 cm³/mol. The van der Waals surface area contributed by atoms with Crippen molar-refractivity contribution in [3.8, 4) is 5.75 Å². The molecule has 7 nitrogen and oxygen atoms in total. The van der Waals surface area contributed by atoms with Crippen molar-refractivity contribution in [3.63, 3.8) is 0 Å². The lowest BCUT2D eigenvalue weighted by Gasteiger charge is -2.32. The minimum absolute atomic E-state index is 0.0501. The number of fused-ring (bicyclic) bond motifs is 1. The maximum atomic E-state index is 12.9. The van der Waals surface area contributed by atoms with E-state index < -0.39 is 0 Å². The highest BCUT2D eigenvalue weighted by molar-refractivity contribution is 5.94. The van der Waals surface area contributed by atoms with Gasteiger partial charge in [-0.2, -0.15) is 5.10 Å². The number of benzene rings is 1. The van der Waals surface area contributed by atoms with Gasteiger partial charge in [-0.05, 0) is 44.0 Å². The van der Waals surface area contributed by atoms with Gasteiger partial charge in [-0.3, -0.25) is 4.79 Å². The Bertz CT molecular complexity index is 951. The average Bonchev–Trinajstić information content (AvgIpc) is 3.05. The first kappa shape index (κ1) is 17.5. The Kier molecular flexibility index (Phi) is 4.75. The zero-order valence-electron chi connectivity index (χ0n) is 15.6. The van der Waals surface area contributed by atoms with Crippen LogP contribution in [0.15, 0.2) is 36.7 Å². The summed E-state index contributed by atoms with van der Waals surface area (Å²) in [6, 6.07) is 7.36. The largest absolute Gasteiger partial charge is 0.494 e. The van der Waals surface area contributed by atoms with Gasteiger partial charge in [-0.1, -0.05) is 0 Å². The fourth-order valence-electron chi connectivity index (χ4n) is 3.71.